The number of urea groups is 1. The molecule has 0 unspecified atom stereocenters. The Bertz CT molecular complexity index is 1110. The number of pyridine rings is 1. The summed E-state index contributed by atoms with van der Waals surface area (Å²) >= 11 is 0. The van der Waals surface area contributed by atoms with E-state index in [1.807, 2.05) is 32.3 Å². The van der Waals surface area contributed by atoms with Crippen molar-refractivity contribution in [3.63, 3.8) is 0 Å². The molecule has 3 aromatic rings. The van der Waals surface area contributed by atoms with Crippen LogP contribution in [-0.4, -0.2) is 37.7 Å². The summed E-state index contributed by atoms with van der Waals surface area (Å²) < 4.78 is 26.5. The van der Waals surface area contributed by atoms with E-state index in [2.05, 4.69) is 33.0 Å². The standard InChI is InChI=1S/C25H29F2N5O/c1-32(2)23-14-24(31-22-6-4-3-5-21(22)23)29-19-9-7-16(8-10-19)15-28-25(33)30-20-12-17(26)11-18(27)13-20/h3-6,11-14,16,19H,7-10,15H2,1-2H3,(H,29,31)(H2,28,30,33)/t16-,19+. The molecule has 1 aromatic heterocycles. The van der Waals surface area contributed by atoms with E-state index in [9.17, 15) is 13.6 Å². The minimum absolute atomic E-state index is 0.0953. The molecule has 0 atom stereocenters. The Morgan fingerprint density at radius 1 is 1.03 bits per heavy atom. The first kappa shape index (κ1) is 22.8. The fourth-order valence-electron chi connectivity index (χ4n) is 4.36. The molecule has 1 aliphatic rings. The Kier molecular flexibility index (Phi) is 6.91. The van der Waals surface area contributed by atoms with Crippen molar-refractivity contribution in [2.45, 2.75) is 31.7 Å². The number of anilines is 3. The van der Waals surface area contributed by atoms with Crippen molar-refractivity contribution < 1.29 is 13.6 Å². The van der Waals surface area contributed by atoms with Crippen LogP contribution in [-0.2, 0) is 0 Å². The summed E-state index contributed by atoms with van der Waals surface area (Å²) in [4.78, 5) is 19.0. The summed E-state index contributed by atoms with van der Waals surface area (Å²) in [6.45, 7) is 0.523. The number of rotatable bonds is 6. The summed E-state index contributed by atoms with van der Waals surface area (Å²) in [7, 11) is 4.06. The molecule has 0 bridgehead atoms. The molecule has 1 saturated carbocycles. The van der Waals surface area contributed by atoms with Gasteiger partial charge in [-0.3, -0.25) is 0 Å². The topological polar surface area (TPSA) is 69.3 Å². The van der Waals surface area contributed by atoms with Gasteiger partial charge in [0.05, 0.1) is 5.52 Å². The van der Waals surface area contributed by atoms with Gasteiger partial charge in [-0.1, -0.05) is 18.2 Å². The SMILES string of the molecule is CN(C)c1cc(N[C@H]2CC[C@@H](CNC(=O)Nc3cc(F)cc(F)c3)CC2)nc2ccccc12. The van der Waals surface area contributed by atoms with Crippen LogP contribution in [0.5, 0.6) is 0 Å². The number of amides is 2. The van der Waals surface area contributed by atoms with Crippen molar-refractivity contribution in [2.24, 2.45) is 5.92 Å². The minimum Gasteiger partial charge on any atom is -0.377 e. The van der Waals surface area contributed by atoms with Crippen LogP contribution in [0.3, 0.4) is 0 Å². The third-order valence-electron chi connectivity index (χ3n) is 6.05. The molecule has 0 radical (unpaired) electrons. The van der Waals surface area contributed by atoms with E-state index in [0.717, 1.165) is 66.3 Å². The van der Waals surface area contributed by atoms with Gasteiger partial charge in [0.25, 0.3) is 0 Å². The predicted octanol–water partition coefficient (Wildman–Crippen LogP) is 5.37. The molecule has 8 heteroatoms. The minimum atomic E-state index is -0.727. The number of nitrogens with zero attached hydrogens (tertiary/aromatic N) is 2. The molecule has 0 saturated heterocycles. The first-order valence-electron chi connectivity index (χ1n) is 11.2. The van der Waals surface area contributed by atoms with E-state index in [1.54, 1.807) is 0 Å². The van der Waals surface area contributed by atoms with Crippen LogP contribution < -0.4 is 20.9 Å². The molecule has 174 valence electrons. The van der Waals surface area contributed by atoms with Crippen LogP contribution in [0.4, 0.5) is 30.8 Å². The van der Waals surface area contributed by atoms with Crippen LogP contribution >= 0.6 is 0 Å². The van der Waals surface area contributed by atoms with Crippen LogP contribution in [0.15, 0.2) is 48.5 Å². The van der Waals surface area contributed by atoms with Gasteiger partial charge in [-0.2, -0.15) is 0 Å². The van der Waals surface area contributed by atoms with E-state index < -0.39 is 17.7 Å². The molecule has 1 fully saturated rings. The molecule has 3 N–H and O–H groups in total. The molecule has 6 nitrogen and oxygen atoms in total. The second-order valence-electron chi connectivity index (χ2n) is 8.79. The van der Waals surface area contributed by atoms with Crippen LogP contribution in [0.2, 0.25) is 0 Å². The lowest BCUT2D eigenvalue weighted by Crippen LogP contribution is -2.36. The number of para-hydroxylation sites is 1. The summed E-state index contributed by atoms with van der Waals surface area (Å²) in [5, 5.41) is 10.0. The van der Waals surface area contributed by atoms with Crippen molar-refractivity contribution in [1.82, 2.24) is 10.3 Å². The van der Waals surface area contributed by atoms with Gasteiger partial charge in [0, 0.05) is 55.6 Å². The predicted molar refractivity (Wildman–Crippen MR) is 129 cm³/mol. The zero-order valence-corrected chi connectivity index (χ0v) is 18.9. The quantitative estimate of drug-likeness (QED) is 0.469. The van der Waals surface area contributed by atoms with Crippen molar-refractivity contribution in [3.05, 3.63) is 60.2 Å². The molecule has 33 heavy (non-hydrogen) atoms. The van der Waals surface area contributed by atoms with Gasteiger partial charge in [0.2, 0.25) is 0 Å². The van der Waals surface area contributed by atoms with Gasteiger partial charge in [0.15, 0.2) is 0 Å². The molecule has 2 amide bonds. The number of hydrogen-bond acceptors (Lipinski definition) is 4. The first-order valence-corrected chi connectivity index (χ1v) is 11.2. The van der Waals surface area contributed by atoms with Gasteiger partial charge in [0.1, 0.15) is 17.5 Å². The number of hydrogen-bond donors (Lipinski definition) is 3. The first-order chi connectivity index (χ1) is 15.9. The number of aromatic nitrogens is 1. The van der Waals surface area contributed by atoms with E-state index in [-0.39, 0.29) is 5.69 Å². The van der Waals surface area contributed by atoms with E-state index in [1.165, 1.54) is 0 Å². The van der Waals surface area contributed by atoms with Gasteiger partial charge in [-0.15, -0.1) is 0 Å². The summed E-state index contributed by atoms with van der Waals surface area (Å²) in [6.07, 6.45) is 3.91. The Labute approximate surface area is 192 Å². The number of nitrogens with one attached hydrogen (secondary N) is 3. The second kappa shape index (κ2) is 10.0. The van der Waals surface area contributed by atoms with Crippen LogP contribution in [0.25, 0.3) is 10.9 Å². The molecule has 2 aromatic carbocycles. The molecular weight excluding hydrogens is 424 g/mol. The monoisotopic (exact) mass is 453 g/mol. The summed E-state index contributed by atoms with van der Waals surface area (Å²) in [6, 6.07) is 13.0. The molecule has 4 rings (SSSR count). The molecule has 0 aliphatic heterocycles. The zero-order valence-electron chi connectivity index (χ0n) is 18.9. The van der Waals surface area contributed by atoms with Crippen molar-refractivity contribution in [1.29, 1.82) is 0 Å². The lowest BCUT2D eigenvalue weighted by atomic mass is 9.86. The maximum atomic E-state index is 13.3. The number of halogens is 2. The average molecular weight is 454 g/mol. The normalized spacial score (nSPS) is 18.1. The van der Waals surface area contributed by atoms with Crippen LogP contribution in [0, 0.1) is 17.6 Å². The maximum absolute atomic E-state index is 13.3. The third kappa shape index (κ3) is 5.88. The second-order valence-corrected chi connectivity index (χ2v) is 8.79. The van der Waals surface area contributed by atoms with Gasteiger partial charge < -0.3 is 20.9 Å². The summed E-state index contributed by atoms with van der Waals surface area (Å²) in [5.41, 5.74) is 2.19. The largest absolute Gasteiger partial charge is 0.377 e. The third-order valence-corrected chi connectivity index (χ3v) is 6.05. The Morgan fingerprint density at radius 3 is 2.42 bits per heavy atom. The molecular formula is C25H29F2N5O. The smallest absolute Gasteiger partial charge is 0.319 e. The van der Waals surface area contributed by atoms with Crippen molar-refractivity contribution in [2.75, 3.05) is 36.2 Å². The highest BCUT2D eigenvalue weighted by atomic mass is 19.1. The summed E-state index contributed by atoms with van der Waals surface area (Å²) in [5.74, 6) is -0.218. The lowest BCUT2D eigenvalue weighted by Gasteiger charge is -2.30. The lowest BCUT2D eigenvalue weighted by molar-refractivity contribution is 0.246. The highest BCUT2D eigenvalue weighted by Crippen LogP contribution is 2.30. The van der Waals surface area contributed by atoms with Crippen molar-refractivity contribution >= 4 is 34.1 Å². The number of benzene rings is 2. The van der Waals surface area contributed by atoms with Crippen LogP contribution in [0.1, 0.15) is 25.7 Å². The highest BCUT2D eigenvalue weighted by molar-refractivity contribution is 5.93. The van der Waals surface area contributed by atoms with E-state index in [4.69, 9.17) is 4.98 Å². The fraction of sp³-hybridized carbons (Fsp3) is 0.360. The molecule has 1 heterocycles. The molecule has 0 spiro atoms. The van der Waals surface area contributed by atoms with Gasteiger partial charge in [-0.05, 0) is 49.8 Å². The fourth-order valence-corrected chi connectivity index (χ4v) is 4.36. The van der Waals surface area contributed by atoms with Gasteiger partial charge in [-0.25, -0.2) is 18.6 Å². The van der Waals surface area contributed by atoms with Crippen molar-refractivity contribution in [3.8, 4) is 0 Å². The Hall–Kier alpha value is -3.42. The van der Waals surface area contributed by atoms with E-state index >= 15 is 0 Å². The number of carbonyl (C=O) groups excluding carboxylic acids is 1. The Morgan fingerprint density at radius 2 is 1.73 bits per heavy atom. The highest BCUT2D eigenvalue weighted by Gasteiger charge is 2.22. The number of carbonyl (C=O) groups is 1. The van der Waals surface area contributed by atoms with E-state index in [0.29, 0.717) is 18.5 Å². The van der Waals surface area contributed by atoms with Gasteiger partial charge >= 0.3 is 6.03 Å². The average Bonchev–Trinajstić information content (AvgIpc) is 2.77. The zero-order chi connectivity index (χ0) is 23.4. The maximum Gasteiger partial charge on any atom is 0.319 e. The molecule has 1 aliphatic carbocycles. The number of fused-ring (bicyclic) bond motifs is 1. The Balaban J connectivity index is 1.27.